The maximum atomic E-state index is 5.48. The first kappa shape index (κ1) is 7.53. The van der Waals surface area contributed by atoms with Gasteiger partial charge in [-0.2, -0.15) is 0 Å². The number of rotatable bonds is 0. The smallest absolute Gasteiger partial charge is 0.144 e. The standard InChI is InChI=1S/C9H14OS/c1-6-7-4-2-3-5-8(7)9(11)10-6/h7-9,11H,1-5H2. The molecule has 2 rings (SSSR count). The summed E-state index contributed by atoms with van der Waals surface area (Å²) >= 11 is 4.39. The van der Waals surface area contributed by atoms with Crippen molar-refractivity contribution < 1.29 is 4.74 Å². The van der Waals surface area contributed by atoms with Gasteiger partial charge in [-0.3, -0.25) is 0 Å². The summed E-state index contributed by atoms with van der Waals surface area (Å²) in [6, 6.07) is 0. The van der Waals surface area contributed by atoms with Crippen LogP contribution in [0.5, 0.6) is 0 Å². The molecule has 0 spiro atoms. The second kappa shape index (κ2) is 2.74. The Balaban J connectivity index is 2.13. The average Bonchev–Trinajstić information content (AvgIpc) is 2.30. The molecule has 1 saturated heterocycles. The third kappa shape index (κ3) is 1.18. The molecule has 3 unspecified atom stereocenters. The fraction of sp³-hybridized carbons (Fsp3) is 0.778. The molecule has 62 valence electrons. The highest BCUT2D eigenvalue weighted by atomic mass is 32.1. The van der Waals surface area contributed by atoms with Crippen molar-refractivity contribution >= 4 is 12.6 Å². The summed E-state index contributed by atoms with van der Waals surface area (Å²) in [4.78, 5) is 0. The number of fused-ring (bicyclic) bond motifs is 1. The topological polar surface area (TPSA) is 9.23 Å². The van der Waals surface area contributed by atoms with Gasteiger partial charge in [0.2, 0.25) is 0 Å². The van der Waals surface area contributed by atoms with Crippen molar-refractivity contribution in [2.24, 2.45) is 11.8 Å². The summed E-state index contributed by atoms with van der Waals surface area (Å²) < 4.78 is 5.48. The molecule has 2 aliphatic rings. The molecule has 1 nitrogen and oxygen atoms in total. The van der Waals surface area contributed by atoms with Gasteiger partial charge < -0.3 is 4.74 Å². The zero-order chi connectivity index (χ0) is 7.84. The van der Waals surface area contributed by atoms with E-state index in [0.717, 1.165) is 5.76 Å². The van der Waals surface area contributed by atoms with Crippen LogP contribution < -0.4 is 0 Å². The molecule has 2 heteroatoms. The van der Waals surface area contributed by atoms with Crippen molar-refractivity contribution in [1.29, 1.82) is 0 Å². The number of allylic oxidation sites excluding steroid dienone is 1. The Kier molecular flexibility index (Phi) is 1.88. The van der Waals surface area contributed by atoms with Crippen LogP contribution in [-0.4, -0.2) is 5.44 Å². The monoisotopic (exact) mass is 170 g/mol. The van der Waals surface area contributed by atoms with E-state index in [4.69, 9.17) is 4.74 Å². The minimum atomic E-state index is 0.132. The first-order valence-corrected chi connectivity index (χ1v) is 4.84. The van der Waals surface area contributed by atoms with E-state index in [2.05, 4.69) is 19.2 Å². The average molecular weight is 170 g/mol. The predicted molar refractivity (Wildman–Crippen MR) is 48.4 cm³/mol. The van der Waals surface area contributed by atoms with Gasteiger partial charge in [-0.05, 0) is 12.8 Å². The molecule has 2 fully saturated rings. The molecule has 1 saturated carbocycles. The molecule has 0 aromatic carbocycles. The molecule has 0 amide bonds. The zero-order valence-corrected chi connectivity index (χ0v) is 7.52. The molecular weight excluding hydrogens is 156 g/mol. The van der Waals surface area contributed by atoms with Gasteiger partial charge in [-0.1, -0.05) is 19.4 Å². The second-order valence-electron chi connectivity index (χ2n) is 3.53. The number of thiol groups is 1. The van der Waals surface area contributed by atoms with Gasteiger partial charge in [0.15, 0.2) is 0 Å². The second-order valence-corrected chi connectivity index (χ2v) is 4.04. The zero-order valence-electron chi connectivity index (χ0n) is 6.62. The Hall–Kier alpha value is -0.110. The molecular formula is C9H14OS. The summed E-state index contributed by atoms with van der Waals surface area (Å²) in [6.07, 6.45) is 5.22. The molecule has 0 aromatic rings. The van der Waals surface area contributed by atoms with E-state index in [-0.39, 0.29) is 5.44 Å². The van der Waals surface area contributed by atoms with Crippen molar-refractivity contribution in [3.05, 3.63) is 12.3 Å². The highest BCUT2D eigenvalue weighted by molar-refractivity contribution is 7.80. The maximum absolute atomic E-state index is 5.48. The molecule has 0 aromatic heterocycles. The van der Waals surface area contributed by atoms with E-state index in [1.54, 1.807) is 0 Å². The first-order chi connectivity index (χ1) is 5.29. The van der Waals surface area contributed by atoms with Gasteiger partial charge in [0.1, 0.15) is 5.44 Å². The van der Waals surface area contributed by atoms with Gasteiger partial charge in [0.05, 0.1) is 5.76 Å². The summed E-state index contributed by atoms with van der Waals surface area (Å²) in [5, 5.41) is 0. The molecule has 3 atom stereocenters. The van der Waals surface area contributed by atoms with Crippen molar-refractivity contribution in [2.45, 2.75) is 31.1 Å². The number of ether oxygens (including phenoxy) is 1. The van der Waals surface area contributed by atoms with E-state index < -0.39 is 0 Å². The molecule has 1 heterocycles. The highest BCUT2D eigenvalue weighted by Gasteiger charge is 2.39. The number of hydrogen-bond acceptors (Lipinski definition) is 2. The minimum absolute atomic E-state index is 0.132. The van der Waals surface area contributed by atoms with E-state index in [1.165, 1.54) is 25.7 Å². The van der Waals surface area contributed by atoms with E-state index in [0.29, 0.717) is 11.8 Å². The molecule has 0 bridgehead atoms. The molecule has 0 radical (unpaired) electrons. The van der Waals surface area contributed by atoms with Crippen LogP contribution in [0.15, 0.2) is 12.3 Å². The van der Waals surface area contributed by atoms with Crippen LogP contribution >= 0.6 is 12.6 Å². The minimum Gasteiger partial charge on any atom is -0.484 e. The predicted octanol–water partition coefficient (Wildman–Crippen LogP) is 2.59. The largest absolute Gasteiger partial charge is 0.484 e. The fourth-order valence-corrected chi connectivity index (χ4v) is 2.72. The van der Waals surface area contributed by atoms with E-state index in [1.807, 2.05) is 0 Å². The Labute approximate surface area is 73.2 Å². The van der Waals surface area contributed by atoms with Crippen molar-refractivity contribution in [3.8, 4) is 0 Å². The van der Waals surface area contributed by atoms with Crippen LogP contribution in [0, 0.1) is 11.8 Å². The van der Waals surface area contributed by atoms with Crippen molar-refractivity contribution in [2.75, 3.05) is 0 Å². The fourth-order valence-electron chi connectivity index (χ4n) is 2.23. The SMILES string of the molecule is C=C1OC(S)C2CCCCC12. The van der Waals surface area contributed by atoms with E-state index >= 15 is 0 Å². The number of hydrogen-bond donors (Lipinski definition) is 1. The Bertz CT molecular complexity index is 178. The summed E-state index contributed by atoms with van der Waals surface area (Å²) in [5.74, 6) is 2.25. The van der Waals surface area contributed by atoms with Gasteiger partial charge in [-0.25, -0.2) is 0 Å². The lowest BCUT2D eigenvalue weighted by molar-refractivity contribution is 0.204. The van der Waals surface area contributed by atoms with Crippen molar-refractivity contribution in [1.82, 2.24) is 0 Å². The van der Waals surface area contributed by atoms with Crippen molar-refractivity contribution in [3.63, 3.8) is 0 Å². The Morgan fingerprint density at radius 1 is 1.36 bits per heavy atom. The Morgan fingerprint density at radius 3 is 2.82 bits per heavy atom. The van der Waals surface area contributed by atoms with Crippen LogP contribution in [0.1, 0.15) is 25.7 Å². The van der Waals surface area contributed by atoms with Crippen LogP contribution in [0.4, 0.5) is 0 Å². The molecule has 1 aliphatic heterocycles. The summed E-state index contributed by atoms with van der Waals surface area (Å²) in [6.45, 7) is 3.92. The Morgan fingerprint density at radius 2 is 2.09 bits per heavy atom. The first-order valence-electron chi connectivity index (χ1n) is 4.32. The van der Waals surface area contributed by atoms with Gasteiger partial charge in [0.25, 0.3) is 0 Å². The normalized spacial score (nSPS) is 43.4. The quantitative estimate of drug-likeness (QED) is 0.550. The third-order valence-corrected chi connectivity index (χ3v) is 3.36. The van der Waals surface area contributed by atoms with Gasteiger partial charge >= 0.3 is 0 Å². The third-order valence-electron chi connectivity index (χ3n) is 2.87. The van der Waals surface area contributed by atoms with Crippen LogP contribution in [-0.2, 0) is 4.74 Å². The van der Waals surface area contributed by atoms with Crippen LogP contribution in [0.3, 0.4) is 0 Å². The lowest BCUT2D eigenvalue weighted by Gasteiger charge is -2.23. The molecule has 11 heavy (non-hydrogen) atoms. The summed E-state index contributed by atoms with van der Waals surface area (Å²) in [5.41, 5.74) is 0.132. The van der Waals surface area contributed by atoms with Gasteiger partial charge in [-0.15, -0.1) is 12.6 Å². The van der Waals surface area contributed by atoms with Crippen LogP contribution in [0.2, 0.25) is 0 Å². The molecule has 0 N–H and O–H groups in total. The summed E-state index contributed by atoms with van der Waals surface area (Å²) in [7, 11) is 0. The lowest BCUT2D eigenvalue weighted by atomic mass is 9.80. The van der Waals surface area contributed by atoms with Crippen LogP contribution in [0.25, 0.3) is 0 Å². The maximum Gasteiger partial charge on any atom is 0.144 e. The highest BCUT2D eigenvalue weighted by Crippen LogP contribution is 2.45. The molecule has 1 aliphatic carbocycles. The van der Waals surface area contributed by atoms with E-state index in [9.17, 15) is 0 Å². The van der Waals surface area contributed by atoms with Gasteiger partial charge in [0, 0.05) is 11.8 Å². The lowest BCUT2D eigenvalue weighted by Crippen LogP contribution is -2.19.